The van der Waals surface area contributed by atoms with E-state index in [9.17, 15) is 17.8 Å². The van der Waals surface area contributed by atoms with Crippen LogP contribution in [0.5, 0.6) is 0 Å². The van der Waals surface area contributed by atoms with Crippen LogP contribution in [-0.2, 0) is 10.1 Å². The van der Waals surface area contributed by atoms with E-state index in [1.54, 1.807) is 47.1 Å². The number of benzene rings is 2. The molecule has 210 valence electrons. The van der Waals surface area contributed by atoms with E-state index in [-0.39, 0.29) is 34.6 Å². The summed E-state index contributed by atoms with van der Waals surface area (Å²) in [6, 6.07) is 14.7. The van der Waals surface area contributed by atoms with Gasteiger partial charge in [0.2, 0.25) is 0 Å². The molecule has 13 heteroatoms. The second-order valence-electron chi connectivity index (χ2n) is 9.22. The van der Waals surface area contributed by atoms with Gasteiger partial charge >= 0.3 is 0 Å². The average molecular weight is 623 g/mol. The fourth-order valence-electron chi connectivity index (χ4n) is 4.68. The molecule has 2 aromatic heterocycles. The molecule has 0 radical (unpaired) electrons. The summed E-state index contributed by atoms with van der Waals surface area (Å²) in [5.74, 6) is -0.317. The number of amides is 1. The van der Waals surface area contributed by atoms with Crippen LogP contribution in [0.2, 0.25) is 10.0 Å². The van der Waals surface area contributed by atoms with Crippen molar-refractivity contribution in [2.75, 3.05) is 13.1 Å². The molecule has 9 nitrogen and oxygen atoms in total. The van der Waals surface area contributed by atoms with Crippen molar-refractivity contribution < 1.29 is 17.8 Å². The Balaban J connectivity index is 0.00000370. The molecule has 4 aromatic rings. The van der Waals surface area contributed by atoms with Crippen LogP contribution < -0.4 is 5.43 Å². The second kappa shape index (κ2) is 12.3. The lowest BCUT2D eigenvalue weighted by Gasteiger charge is -2.26. The zero-order valence-corrected chi connectivity index (χ0v) is 24.5. The number of carbonyl (C=O) groups is 1. The van der Waals surface area contributed by atoms with Gasteiger partial charge < -0.3 is 0 Å². The van der Waals surface area contributed by atoms with Gasteiger partial charge in [-0.3, -0.25) is 19.8 Å². The standard InChI is InChI=1S/C27H25Cl2N5O4S.ClH/c1-17-24(27(35)32-33-14-3-2-4-15-33)31-34(22-12-11-20(28)16-21(22)29)26(17)19-9-7-18(8-10-19)25-23(39(36,37)38)6-5-13-30-25;/h5-13,16H,2-4,14-15H2,1H3,(H,32,35)(H,36,37,38);1H. The van der Waals surface area contributed by atoms with Gasteiger partial charge in [0.25, 0.3) is 16.0 Å². The molecule has 1 saturated heterocycles. The van der Waals surface area contributed by atoms with Gasteiger partial charge in [0.05, 0.1) is 22.1 Å². The zero-order valence-electron chi connectivity index (χ0n) is 21.3. The predicted molar refractivity (Wildman–Crippen MR) is 157 cm³/mol. The molecular weight excluding hydrogens is 597 g/mol. The third-order valence-corrected chi connectivity index (χ3v) is 7.99. The number of aromatic nitrogens is 3. The molecule has 2 N–H and O–H groups in total. The summed E-state index contributed by atoms with van der Waals surface area (Å²) in [6.07, 6.45) is 4.62. The first-order valence-corrected chi connectivity index (χ1v) is 14.5. The Labute approximate surface area is 248 Å². The average Bonchev–Trinajstić information content (AvgIpc) is 3.25. The number of rotatable bonds is 6. The summed E-state index contributed by atoms with van der Waals surface area (Å²) in [7, 11) is -4.47. The first kappa shape index (κ1) is 30.0. The molecule has 1 aliphatic heterocycles. The summed E-state index contributed by atoms with van der Waals surface area (Å²) in [5.41, 5.74) is 6.35. The van der Waals surface area contributed by atoms with Crippen LogP contribution in [0.15, 0.2) is 65.7 Å². The van der Waals surface area contributed by atoms with Gasteiger partial charge in [-0.1, -0.05) is 53.9 Å². The van der Waals surface area contributed by atoms with Crippen LogP contribution in [-0.4, -0.2) is 51.7 Å². The van der Waals surface area contributed by atoms with Crippen LogP contribution in [0, 0.1) is 6.92 Å². The Kier molecular flexibility index (Phi) is 9.19. The highest BCUT2D eigenvalue weighted by molar-refractivity contribution is 7.86. The highest BCUT2D eigenvalue weighted by Crippen LogP contribution is 2.34. The third-order valence-electron chi connectivity index (χ3n) is 6.57. The van der Waals surface area contributed by atoms with Gasteiger partial charge in [-0.25, -0.2) is 9.69 Å². The number of halogens is 3. The van der Waals surface area contributed by atoms with Crippen LogP contribution in [0.25, 0.3) is 28.2 Å². The number of hydrogen-bond acceptors (Lipinski definition) is 6. The highest BCUT2D eigenvalue weighted by atomic mass is 35.5. The van der Waals surface area contributed by atoms with Gasteiger partial charge in [-0.05, 0) is 50.1 Å². The summed E-state index contributed by atoms with van der Waals surface area (Å²) in [4.78, 5) is 17.2. The predicted octanol–water partition coefficient (Wildman–Crippen LogP) is 6.02. The first-order valence-electron chi connectivity index (χ1n) is 12.3. The number of carbonyl (C=O) groups excluding carboxylic acids is 1. The molecule has 3 heterocycles. The summed E-state index contributed by atoms with van der Waals surface area (Å²) in [6.45, 7) is 3.38. The summed E-state index contributed by atoms with van der Waals surface area (Å²) >= 11 is 12.7. The number of hydrazine groups is 1. The minimum Gasteiger partial charge on any atom is -0.283 e. The zero-order chi connectivity index (χ0) is 27.7. The first-order chi connectivity index (χ1) is 18.6. The lowest BCUT2D eigenvalue weighted by molar-refractivity contribution is 0.0743. The highest BCUT2D eigenvalue weighted by Gasteiger charge is 2.25. The Morgan fingerprint density at radius 2 is 1.68 bits per heavy atom. The topological polar surface area (TPSA) is 117 Å². The van der Waals surface area contributed by atoms with Gasteiger partial charge in [0.1, 0.15) is 4.90 Å². The maximum atomic E-state index is 13.3. The van der Waals surface area contributed by atoms with Crippen LogP contribution in [0.3, 0.4) is 0 Å². The van der Waals surface area contributed by atoms with Crippen molar-refractivity contribution >= 4 is 51.6 Å². The SMILES string of the molecule is Cc1c(C(=O)NN2CCCCC2)nn(-c2ccc(Cl)cc2Cl)c1-c1ccc(-c2ncccc2S(=O)(=O)O)cc1.Cl. The molecule has 0 aliphatic carbocycles. The fraction of sp³-hybridized carbons (Fsp3) is 0.222. The van der Waals surface area contributed by atoms with E-state index in [1.807, 2.05) is 11.9 Å². The monoisotopic (exact) mass is 621 g/mol. The van der Waals surface area contributed by atoms with E-state index in [0.29, 0.717) is 38.1 Å². The van der Waals surface area contributed by atoms with Crippen molar-refractivity contribution in [1.29, 1.82) is 0 Å². The molecule has 0 saturated carbocycles. The van der Waals surface area contributed by atoms with E-state index in [2.05, 4.69) is 15.5 Å². The Bertz CT molecular complexity index is 1650. The molecule has 1 fully saturated rings. The normalized spacial score (nSPS) is 14.0. The molecule has 40 heavy (non-hydrogen) atoms. The lowest BCUT2D eigenvalue weighted by Crippen LogP contribution is -2.45. The minimum atomic E-state index is -4.47. The molecule has 0 spiro atoms. The van der Waals surface area contributed by atoms with Crippen LogP contribution in [0.4, 0.5) is 0 Å². The lowest BCUT2D eigenvalue weighted by atomic mass is 10.0. The Morgan fingerprint density at radius 3 is 2.33 bits per heavy atom. The Hall–Kier alpha value is -2.99. The fourth-order valence-corrected chi connectivity index (χ4v) is 5.84. The molecule has 1 aliphatic rings. The number of hydrogen-bond donors (Lipinski definition) is 2. The molecule has 2 aromatic carbocycles. The quantitative estimate of drug-likeness (QED) is 0.253. The van der Waals surface area contributed by atoms with Crippen molar-refractivity contribution in [2.24, 2.45) is 0 Å². The number of pyridine rings is 1. The number of piperidine rings is 1. The van der Waals surface area contributed by atoms with Crippen molar-refractivity contribution in [1.82, 2.24) is 25.2 Å². The van der Waals surface area contributed by atoms with Gasteiger partial charge in [-0.2, -0.15) is 13.5 Å². The van der Waals surface area contributed by atoms with Crippen LogP contribution >= 0.6 is 35.6 Å². The molecule has 0 unspecified atom stereocenters. The number of nitrogens with zero attached hydrogens (tertiary/aromatic N) is 4. The third kappa shape index (κ3) is 6.17. The van der Waals surface area contributed by atoms with Gasteiger partial charge in [0, 0.05) is 41.0 Å². The van der Waals surface area contributed by atoms with Crippen molar-refractivity contribution in [3.05, 3.63) is 82.1 Å². The smallest absolute Gasteiger partial charge is 0.283 e. The van der Waals surface area contributed by atoms with E-state index in [4.69, 9.17) is 23.2 Å². The largest absolute Gasteiger partial charge is 0.296 e. The Morgan fingerprint density at radius 1 is 1.00 bits per heavy atom. The van der Waals surface area contributed by atoms with E-state index >= 15 is 0 Å². The maximum Gasteiger partial charge on any atom is 0.296 e. The van der Waals surface area contributed by atoms with Crippen molar-refractivity contribution in [3.63, 3.8) is 0 Å². The van der Waals surface area contributed by atoms with Crippen molar-refractivity contribution in [2.45, 2.75) is 31.1 Å². The van der Waals surface area contributed by atoms with E-state index in [0.717, 1.165) is 32.4 Å². The molecular formula is C27H26Cl3N5O4S. The van der Waals surface area contributed by atoms with Gasteiger partial charge in [-0.15, -0.1) is 12.4 Å². The van der Waals surface area contributed by atoms with Crippen LogP contribution in [0.1, 0.15) is 35.3 Å². The van der Waals surface area contributed by atoms with Crippen molar-refractivity contribution in [3.8, 4) is 28.2 Å². The molecule has 0 bridgehead atoms. The molecule has 1 amide bonds. The van der Waals surface area contributed by atoms with Gasteiger partial charge in [0.15, 0.2) is 5.69 Å². The molecule has 5 rings (SSSR count). The minimum absolute atomic E-state index is 0. The maximum absolute atomic E-state index is 13.3. The summed E-state index contributed by atoms with van der Waals surface area (Å²) in [5, 5.41) is 7.40. The summed E-state index contributed by atoms with van der Waals surface area (Å²) < 4.78 is 35.0. The van der Waals surface area contributed by atoms with E-state index in [1.165, 1.54) is 18.3 Å². The second-order valence-corrected chi connectivity index (χ2v) is 11.5. The molecule has 0 atom stereocenters. The van der Waals surface area contributed by atoms with E-state index < -0.39 is 10.1 Å². The number of nitrogens with one attached hydrogen (secondary N) is 1.